The van der Waals surface area contributed by atoms with E-state index in [9.17, 15) is 27.2 Å². The number of nitrogens with zero attached hydrogens (tertiary/aromatic N) is 5. The summed E-state index contributed by atoms with van der Waals surface area (Å²) in [6.45, 7) is 3.68. The number of fused-ring (bicyclic) bond motifs is 1. The number of aliphatic carboxylic acids is 1. The summed E-state index contributed by atoms with van der Waals surface area (Å²) in [6, 6.07) is 3.09. The second-order valence-corrected chi connectivity index (χ2v) is 8.26. The molecule has 0 spiro atoms. The molecular formula is C24H23F4N5O6. The molecule has 3 aromatic rings. The van der Waals surface area contributed by atoms with Crippen LogP contribution in [0.4, 0.5) is 23.5 Å². The number of benzene rings is 1. The highest BCUT2D eigenvalue weighted by molar-refractivity contribution is 5.87. The molecule has 0 saturated carbocycles. The summed E-state index contributed by atoms with van der Waals surface area (Å²) < 4.78 is 54.5. The molecule has 208 valence electrons. The van der Waals surface area contributed by atoms with Gasteiger partial charge in [-0.2, -0.15) is 23.1 Å². The van der Waals surface area contributed by atoms with Crippen LogP contribution < -0.4 is 15.2 Å². The third-order valence-electron chi connectivity index (χ3n) is 5.60. The number of hydrogen-bond acceptors (Lipinski definition) is 7. The van der Waals surface area contributed by atoms with Crippen molar-refractivity contribution in [2.75, 3.05) is 18.0 Å². The zero-order valence-corrected chi connectivity index (χ0v) is 20.8. The molecule has 1 aliphatic heterocycles. The van der Waals surface area contributed by atoms with Crippen molar-refractivity contribution in [3.8, 4) is 23.6 Å². The van der Waals surface area contributed by atoms with Crippen molar-refractivity contribution in [1.82, 2.24) is 19.1 Å². The fourth-order valence-corrected chi connectivity index (χ4v) is 3.68. The van der Waals surface area contributed by atoms with Crippen LogP contribution in [0.2, 0.25) is 0 Å². The first-order valence-electron chi connectivity index (χ1n) is 11.5. The maximum Gasteiger partial charge on any atom is 0.490 e. The Morgan fingerprint density at radius 3 is 2.31 bits per heavy atom. The summed E-state index contributed by atoms with van der Waals surface area (Å²) in [5.41, 5.74) is -0.135. The standard InChI is InChI=1S/C22H22FN5O4.C2HF3O2/c1-3-4-12-28-17-18(24-21(28)27-10-6-5-7-11-27)25-22(26(2)19(17)29)32-16-9-8-14(20(30)31)13-15(16)23;3-2(4,5)1(6)7/h8-9,13H,5-7,10-12H2,1-2H3,(H,30,31);(H,6,7). The Labute approximate surface area is 218 Å². The highest BCUT2D eigenvalue weighted by Crippen LogP contribution is 2.27. The van der Waals surface area contributed by atoms with E-state index in [2.05, 4.69) is 26.7 Å². The lowest BCUT2D eigenvalue weighted by Gasteiger charge is -2.27. The van der Waals surface area contributed by atoms with Gasteiger partial charge in [-0.1, -0.05) is 5.92 Å². The molecule has 0 bridgehead atoms. The maximum absolute atomic E-state index is 14.3. The Bertz CT molecular complexity index is 1510. The zero-order chi connectivity index (χ0) is 28.9. The highest BCUT2D eigenvalue weighted by Gasteiger charge is 2.38. The number of hydrogen-bond donors (Lipinski definition) is 2. The van der Waals surface area contributed by atoms with Crippen LogP contribution in [0.1, 0.15) is 36.5 Å². The van der Waals surface area contributed by atoms with E-state index in [1.807, 2.05) is 0 Å². The number of anilines is 1. The van der Waals surface area contributed by atoms with Gasteiger partial charge in [0.1, 0.15) is 0 Å². The van der Waals surface area contributed by atoms with Gasteiger partial charge < -0.3 is 19.8 Å². The Hall–Kier alpha value is -4.61. The molecule has 11 nitrogen and oxygen atoms in total. The number of ether oxygens (including phenoxy) is 1. The number of halogens is 4. The predicted molar refractivity (Wildman–Crippen MR) is 129 cm³/mol. The van der Waals surface area contributed by atoms with Crippen molar-refractivity contribution in [3.05, 3.63) is 39.9 Å². The molecule has 0 radical (unpaired) electrons. The van der Waals surface area contributed by atoms with E-state index in [0.717, 1.165) is 38.4 Å². The van der Waals surface area contributed by atoms with Crippen LogP contribution in [0.5, 0.6) is 11.8 Å². The van der Waals surface area contributed by atoms with Gasteiger partial charge in [0.15, 0.2) is 22.7 Å². The molecule has 39 heavy (non-hydrogen) atoms. The van der Waals surface area contributed by atoms with Crippen molar-refractivity contribution >= 4 is 29.1 Å². The van der Waals surface area contributed by atoms with Crippen LogP contribution in [0.25, 0.3) is 11.2 Å². The molecule has 2 N–H and O–H groups in total. The lowest BCUT2D eigenvalue weighted by molar-refractivity contribution is -0.192. The lowest BCUT2D eigenvalue weighted by atomic mass is 10.1. The fourth-order valence-electron chi connectivity index (χ4n) is 3.68. The lowest BCUT2D eigenvalue weighted by Crippen LogP contribution is -2.32. The number of rotatable bonds is 5. The van der Waals surface area contributed by atoms with Crippen molar-refractivity contribution < 1.29 is 42.1 Å². The minimum absolute atomic E-state index is 0.152. The fraction of sp³-hybridized carbons (Fsp3) is 0.375. The topological polar surface area (TPSA) is 140 Å². The van der Waals surface area contributed by atoms with Gasteiger partial charge in [-0.05, 0) is 44.4 Å². The van der Waals surface area contributed by atoms with E-state index in [4.69, 9.17) is 19.7 Å². The molecule has 2 aromatic heterocycles. The third-order valence-corrected chi connectivity index (χ3v) is 5.60. The van der Waals surface area contributed by atoms with E-state index in [-0.39, 0.29) is 23.0 Å². The number of piperidine rings is 1. The first kappa shape index (κ1) is 29.0. The first-order chi connectivity index (χ1) is 18.3. The Morgan fingerprint density at radius 2 is 1.77 bits per heavy atom. The monoisotopic (exact) mass is 553 g/mol. The van der Waals surface area contributed by atoms with Crippen molar-refractivity contribution in [2.45, 2.75) is 38.9 Å². The number of carboxylic acid groups (broad SMARTS) is 2. The van der Waals surface area contributed by atoms with Crippen molar-refractivity contribution in [3.63, 3.8) is 0 Å². The van der Waals surface area contributed by atoms with Crippen LogP contribution >= 0.6 is 0 Å². The number of aromatic carboxylic acids is 1. The normalized spacial score (nSPS) is 13.2. The summed E-state index contributed by atoms with van der Waals surface area (Å²) in [5, 5.41) is 16.1. The minimum atomic E-state index is -5.08. The highest BCUT2D eigenvalue weighted by atomic mass is 19.4. The molecule has 1 fully saturated rings. The van der Waals surface area contributed by atoms with E-state index in [1.54, 1.807) is 11.5 Å². The second-order valence-electron chi connectivity index (χ2n) is 8.26. The molecule has 0 aliphatic carbocycles. The molecule has 15 heteroatoms. The summed E-state index contributed by atoms with van der Waals surface area (Å²) in [7, 11) is 1.47. The van der Waals surface area contributed by atoms with Crippen LogP contribution in [-0.2, 0) is 18.4 Å². The van der Waals surface area contributed by atoms with Crippen molar-refractivity contribution in [2.24, 2.45) is 7.05 Å². The molecule has 1 aliphatic rings. The van der Waals surface area contributed by atoms with Gasteiger partial charge in [-0.15, -0.1) is 5.92 Å². The van der Waals surface area contributed by atoms with E-state index >= 15 is 0 Å². The Morgan fingerprint density at radius 1 is 1.13 bits per heavy atom. The molecule has 4 rings (SSSR count). The number of carboxylic acids is 2. The zero-order valence-electron chi connectivity index (χ0n) is 20.8. The number of aromatic nitrogens is 4. The van der Waals surface area contributed by atoms with E-state index in [1.165, 1.54) is 23.7 Å². The van der Waals surface area contributed by atoms with Crippen LogP contribution in [0, 0.1) is 17.7 Å². The molecule has 1 aromatic carbocycles. The molecular weight excluding hydrogens is 530 g/mol. The SMILES string of the molecule is CC#CCn1c(N2CCCCC2)nc2nc(Oc3ccc(C(=O)O)cc3F)n(C)c(=O)c21.O=C(O)C(F)(F)F. The smallest absolute Gasteiger partial charge is 0.478 e. The van der Waals surface area contributed by atoms with E-state index in [0.29, 0.717) is 18.0 Å². The third kappa shape index (κ3) is 6.64. The average molecular weight is 553 g/mol. The van der Waals surface area contributed by atoms with E-state index < -0.39 is 29.5 Å². The first-order valence-corrected chi connectivity index (χ1v) is 11.5. The van der Waals surface area contributed by atoms with Gasteiger partial charge in [0, 0.05) is 20.1 Å². The van der Waals surface area contributed by atoms with Crippen LogP contribution in [0.3, 0.4) is 0 Å². The van der Waals surface area contributed by atoms with Gasteiger partial charge in [0.05, 0.1) is 12.1 Å². The van der Waals surface area contributed by atoms with Gasteiger partial charge in [0.25, 0.3) is 5.56 Å². The van der Waals surface area contributed by atoms with Crippen LogP contribution in [0.15, 0.2) is 23.0 Å². The minimum Gasteiger partial charge on any atom is -0.478 e. The number of imidazole rings is 1. The summed E-state index contributed by atoms with van der Waals surface area (Å²) in [5.74, 6) is 1.32. The molecule has 0 unspecified atom stereocenters. The predicted octanol–water partition coefficient (Wildman–Crippen LogP) is 3.41. The van der Waals surface area contributed by atoms with Gasteiger partial charge in [-0.3, -0.25) is 13.9 Å². The summed E-state index contributed by atoms with van der Waals surface area (Å²) in [4.78, 5) is 44.2. The maximum atomic E-state index is 14.3. The van der Waals surface area contributed by atoms with Crippen LogP contribution in [-0.4, -0.2) is 60.5 Å². The Kier molecular flexibility index (Phi) is 8.79. The largest absolute Gasteiger partial charge is 0.490 e. The summed E-state index contributed by atoms with van der Waals surface area (Å²) >= 11 is 0. The molecule has 1 saturated heterocycles. The summed E-state index contributed by atoms with van der Waals surface area (Å²) in [6.07, 6.45) is -1.86. The second kappa shape index (κ2) is 11.8. The van der Waals surface area contributed by atoms with Gasteiger partial charge >= 0.3 is 24.1 Å². The average Bonchev–Trinajstić information content (AvgIpc) is 3.25. The molecule has 3 heterocycles. The molecule has 0 amide bonds. The Balaban J connectivity index is 0.000000532. The number of carbonyl (C=O) groups is 2. The van der Waals surface area contributed by atoms with Gasteiger partial charge in [0.2, 0.25) is 5.95 Å². The number of alkyl halides is 3. The quantitative estimate of drug-likeness (QED) is 0.359. The van der Waals surface area contributed by atoms with Crippen molar-refractivity contribution in [1.29, 1.82) is 0 Å². The van der Waals surface area contributed by atoms with Gasteiger partial charge in [-0.25, -0.2) is 14.0 Å². The molecule has 0 atom stereocenters.